The minimum atomic E-state index is -3.82. The topological polar surface area (TPSA) is 66.5 Å². The molecule has 0 aromatic heterocycles. The number of rotatable bonds is 5. The van der Waals surface area contributed by atoms with E-state index in [-0.39, 0.29) is 17.3 Å². The van der Waals surface area contributed by atoms with Crippen molar-refractivity contribution in [2.75, 3.05) is 10.8 Å². The number of fused-ring (bicyclic) bond motifs is 3. The molecule has 0 fully saturated rings. The van der Waals surface area contributed by atoms with Gasteiger partial charge in [-0.1, -0.05) is 61.5 Å². The van der Waals surface area contributed by atoms with Gasteiger partial charge < -0.3 is 5.32 Å². The lowest BCUT2D eigenvalue weighted by Gasteiger charge is -2.32. The molecule has 6 heteroatoms. The fraction of sp³-hybridized carbons (Fsp3) is 0.174. The molecular weight excluding hydrogens is 384 g/mol. The molecule has 1 heterocycles. The summed E-state index contributed by atoms with van der Waals surface area (Å²) < 4.78 is 27.8. The summed E-state index contributed by atoms with van der Waals surface area (Å²) in [6, 6.07) is 22.2. The van der Waals surface area contributed by atoms with Gasteiger partial charge in [0.05, 0.1) is 10.6 Å². The summed E-state index contributed by atoms with van der Waals surface area (Å²) in [5, 5.41) is 2.82. The van der Waals surface area contributed by atoms with E-state index >= 15 is 0 Å². The molecule has 3 aromatic rings. The van der Waals surface area contributed by atoms with Gasteiger partial charge >= 0.3 is 0 Å². The van der Waals surface area contributed by atoms with Crippen molar-refractivity contribution in [3.63, 3.8) is 0 Å². The molecule has 4 rings (SSSR count). The van der Waals surface area contributed by atoms with Crippen molar-refractivity contribution in [3.8, 4) is 11.1 Å². The maximum Gasteiger partial charge on any atom is 0.265 e. The first-order chi connectivity index (χ1) is 14.0. The zero-order valence-corrected chi connectivity index (χ0v) is 16.9. The van der Waals surface area contributed by atoms with Gasteiger partial charge in [-0.25, -0.2) is 8.42 Å². The number of benzene rings is 3. The number of amides is 1. The Morgan fingerprint density at radius 3 is 2.38 bits per heavy atom. The third-order valence-electron chi connectivity index (χ3n) is 5.10. The van der Waals surface area contributed by atoms with Crippen LogP contribution in [0.4, 0.5) is 5.69 Å². The van der Waals surface area contributed by atoms with Crippen LogP contribution >= 0.6 is 0 Å². The Bertz CT molecular complexity index is 1160. The van der Waals surface area contributed by atoms with Crippen molar-refractivity contribution >= 4 is 21.6 Å². The Morgan fingerprint density at radius 1 is 0.897 bits per heavy atom. The number of hydrogen-bond acceptors (Lipinski definition) is 3. The molecule has 1 N–H and O–H groups in total. The van der Waals surface area contributed by atoms with Crippen LogP contribution in [0.2, 0.25) is 0 Å². The van der Waals surface area contributed by atoms with E-state index in [2.05, 4.69) is 12.2 Å². The van der Waals surface area contributed by atoms with E-state index < -0.39 is 10.0 Å². The number of carbonyl (C=O) groups is 1. The van der Waals surface area contributed by atoms with E-state index in [1.807, 2.05) is 54.6 Å². The molecule has 0 aliphatic carbocycles. The number of sulfonamides is 1. The third kappa shape index (κ3) is 3.63. The molecule has 0 spiro atoms. The highest BCUT2D eigenvalue weighted by Gasteiger charge is 2.35. The minimum absolute atomic E-state index is 0.233. The normalized spacial score (nSPS) is 14.0. The summed E-state index contributed by atoms with van der Waals surface area (Å²) in [5.74, 6) is -0.345. The van der Waals surface area contributed by atoms with Gasteiger partial charge in [0.2, 0.25) is 5.91 Å². The van der Waals surface area contributed by atoms with Crippen LogP contribution in [0.1, 0.15) is 18.1 Å². The second-order valence-corrected chi connectivity index (χ2v) is 8.81. The molecular formula is C23H22N2O3S. The highest BCUT2D eigenvalue weighted by Crippen LogP contribution is 2.43. The van der Waals surface area contributed by atoms with Crippen LogP contribution in [0.15, 0.2) is 77.7 Å². The smallest absolute Gasteiger partial charge is 0.265 e. The van der Waals surface area contributed by atoms with Crippen LogP contribution in [-0.2, 0) is 27.8 Å². The minimum Gasteiger partial charge on any atom is -0.350 e. The van der Waals surface area contributed by atoms with Crippen LogP contribution in [0.25, 0.3) is 11.1 Å². The van der Waals surface area contributed by atoms with Crippen molar-refractivity contribution in [2.24, 2.45) is 0 Å². The Morgan fingerprint density at radius 2 is 1.62 bits per heavy atom. The number of anilines is 1. The molecule has 1 amide bonds. The Hall–Kier alpha value is -3.12. The molecule has 0 saturated heterocycles. The van der Waals surface area contributed by atoms with E-state index in [0.717, 1.165) is 23.1 Å². The molecule has 0 bridgehead atoms. The van der Waals surface area contributed by atoms with E-state index in [9.17, 15) is 13.2 Å². The lowest BCUT2D eigenvalue weighted by Crippen LogP contribution is -2.42. The van der Waals surface area contributed by atoms with Crippen LogP contribution in [0.5, 0.6) is 0 Å². The Balaban J connectivity index is 1.67. The molecule has 1 aliphatic rings. The lowest BCUT2D eigenvalue weighted by atomic mass is 9.99. The van der Waals surface area contributed by atoms with Gasteiger partial charge in [0.25, 0.3) is 10.0 Å². The standard InChI is InChI=1S/C23H22N2O3S/c1-2-17-12-13-21-20(14-17)19-10-6-7-11-22(19)29(27,28)25(21)16-23(26)24-15-18-8-4-3-5-9-18/h3-14H,2,15-16H2,1H3,(H,24,26). The summed E-state index contributed by atoms with van der Waals surface area (Å²) in [6.45, 7) is 2.15. The molecule has 1 aliphatic heterocycles. The van der Waals surface area contributed by atoms with Gasteiger partial charge in [0.15, 0.2) is 0 Å². The van der Waals surface area contributed by atoms with Gasteiger partial charge in [0.1, 0.15) is 6.54 Å². The lowest BCUT2D eigenvalue weighted by molar-refractivity contribution is -0.119. The van der Waals surface area contributed by atoms with Crippen LogP contribution in [0.3, 0.4) is 0 Å². The maximum absolute atomic E-state index is 13.3. The van der Waals surface area contributed by atoms with E-state index in [0.29, 0.717) is 17.8 Å². The number of hydrogen-bond donors (Lipinski definition) is 1. The Labute approximate surface area is 171 Å². The first-order valence-electron chi connectivity index (χ1n) is 9.56. The zero-order chi connectivity index (χ0) is 20.4. The van der Waals surface area contributed by atoms with E-state index in [1.165, 1.54) is 4.31 Å². The summed E-state index contributed by atoms with van der Waals surface area (Å²) in [7, 11) is -3.82. The van der Waals surface area contributed by atoms with Crippen molar-refractivity contribution in [1.29, 1.82) is 0 Å². The van der Waals surface area contributed by atoms with Crippen LogP contribution < -0.4 is 9.62 Å². The van der Waals surface area contributed by atoms with Gasteiger partial charge in [-0.3, -0.25) is 9.10 Å². The van der Waals surface area contributed by atoms with Crippen molar-refractivity contribution in [2.45, 2.75) is 24.8 Å². The molecule has 29 heavy (non-hydrogen) atoms. The van der Waals surface area contributed by atoms with Gasteiger partial charge in [-0.05, 0) is 35.7 Å². The second-order valence-electron chi connectivity index (χ2n) is 6.98. The van der Waals surface area contributed by atoms with Crippen molar-refractivity contribution < 1.29 is 13.2 Å². The first kappa shape index (κ1) is 19.2. The summed E-state index contributed by atoms with van der Waals surface area (Å²) in [5.41, 5.74) is 4.13. The predicted molar refractivity (Wildman–Crippen MR) is 114 cm³/mol. The van der Waals surface area contributed by atoms with Crippen LogP contribution in [0, 0.1) is 0 Å². The molecule has 3 aromatic carbocycles. The van der Waals surface area contributed by atoms with Gasteiger partial charge in [0, 0.05) is 17.7 Å². The maximum atomic E-state index is 13.3. The number of nitrogens with zero attached hydrogens (tertiary/aromatic N) is 1. The third-order valence-corrected chi connectivity index (χ3v) is 6.92. The summed E-state index contributed by atoms with van der Waals surface area (Å²) >= 11 is 0. The molecule has 0 unspecified atom stereocenters. The highest BCUT2D eigenvalue weighted by molar-refractivity contribution is 7.93. The molecule has 0 radical (unpaired) electrons. The molecule has 148 valence electrons. The average Bonchev–Trinajstić information content (AvgIpc) is 2.75. The predicted octanol–water partition coefficient (Wildman–Crippen LogP) is 3.74. The molecule has 0 saturated carbocycles. The largest absolute Gasteiger partial charge is 0.350 e. The van der Waals surface area contributed by atoms with Gasteiger partial charge in [-0.2, -0.15) is 0 Å². The zero-order valence-electron chi connectivity index (χ0n) is 16.1. The Kier molecular flexibility index (Phi) is 5.11. The second kappa shape index (κ2) is 7.72. The fourth-order valence-electron chi connectivity index (χ4n) is 3.55. The fourth-order valence-corrected chi connectivity index (χ4v) is 5.20. The number of nitrogens with one attached hydrogen (secondary N) is 1. The van der Waals surface area contributed by atoms with E-state index in [1.54, 1.807) is 18.2 Å². The molecule has 5 nitrogen and oxygen atoms in total. The number of carbonyl (C=O) groups excluding carboxylic acids is 1. The van der Waals surface area contributed by atoms with Crippen LogP contribution in [-0.4, -0.2) is 20.9 Å². The van der Waals surface area contributed by atoms with Crippen molar-refractivity contribution in [1.82, 2.24) is 5.32 Å². The first-order valence-corrected chi connectivity index (χ1v) is 11.0. The average molecular weight is 407 g/mol. The monoisotopic (exact) mass is 406 g/mol. The highest BCUT2D eigenvalue weighted by atomic mass is 32.2. The number of aryl methyl sites for hydroxylation is 1. The van der Waals surface area contributed by atoms with E-state index in [4.69, 9.17) is 0 Å². The van der Waals surface area contributed by atoms with Gasteiger partial charge in [-0.15, -0.1) is 0 Å². The summed E-state index contributed by atoms with van der Waals surface area (Å²) in [4.78, 5) is 12.8. The molecule has 0 atom stereocenters. The quantitative estimate of drug-likeness (QED) is 0.702. The van der Waals surface area contributed by atoms with Crippen molar-refractivity contribution in [3.05, 3.63) is 83.9 Å². The summed E-state index contributed by atoms with van der Waals surface area (Å²) in [6.07, 6.45) is 0.847. The SMILES string of the molecule is CCc1ccc2c(c1)-c1ccccc1S(=O)(=O)N2CC(=O)NCc1ccccc1.